The van der Waals surface area contributed by atoms with Gasteiger partial charge in [-0.3, -0.25) is 16.0 Å². The van der Waals surface area contributed by atoms with E-state index in [-0.39, 0.29) is 17.6 Å². The topological polar surface area (TPSA) is 74.0 Å². The molecule has 0 bridgehead atoms. The molecule has 1 aliphatic carbocycles. The number of nitrogens with zero attached hydrogens (tertiary/aromatic N) is 2. The number of hydrogen-bond donors (Lipinski definition) is 3. The van der Waals surface area contributed by atoms with Crippen LogP contribution in [0.15, 0.2) is 175 Å². The number of hydrogen-bond acceptors (Lipinski definition) is 2. The van der Waals surface area contributed by atoms with Crippen molar-refractivity contribution in [3.63, 3.8) is 0 Å². The van der Waals surface area contributed by atoms with Gasteiger partial charge in [-0.1, -0.05) is 130 Å². The van der Waals surface area contributed by atoms with E-state index in [1.807, 2.05) is 12.1 Å². The number of quaternary nitrogens is 2. The first-order valence-electron chi connectivity index (χ1n) is 19.8. The van der Waals surface area contributed by atoms with Crippen molar-refractivity contribution in [2.75, 3.05) is 0 Å². The Hall–Kier alpha value is -6.29. The van der Waals surface area contributed by atoms with E-state index in [2.05, 4.69) is 193 Å². The van der Waals surface area contributed by atoms with Gasteiger partial charge in [0.25, 0.3) is 0 Å². The summed E-state index contributed by atoms with van der Waals surface area (Å²) in [7, 11) is 0. The molecule has 0 spiro atoms. The highest BCUT2D eigenvalue weighted by atomic mass is 15.2. The molecular formula is C51H45N5+2. The molecule has 0 saturated carbocycles. The highest BCUT2D eigenvalue weighted by Crippen LogP contribution is 2.49. The predicted molar refractivity (Wildman–Crippen MR) is 227 cm³/mol. The predicted octanol–water partition coefficient (Wildman–Crippen LogP) is 9.63. The number of rotatable bonds is 5. The van der Waals surface area contributed by atoms with Crippen molar-refractivity contribution < 1.29 is 10.6 Å². The summed E-state index contributed by atoms with van der Waals surface area (Å²) in [4.78, 5) is 0. The van der Waals surface area contributed by atoms with Crippen molar-refractivity contribution in [3.05, 3.63) is 197 Å². The molecule has 0 amide bonds. The van der Waals surface area contributed by atoms with Crippen LogP contribution >= 0.6 is 0 Å². The van der Waals surface area contributed by atoms with E-state index in [1.165, 1.54) is 49.9 Å². The van der Waals surface area contributed by atoms with Gasteiger partial charge in [0.2, 0.25) is 0 Å². The summed E-state index contributed by atoms with van der Waals surface area (Å²) < 4.78 is 2.55. The van der Waals surface area contributed by atoms with Crippen molar-refractivity contribution in [3.8, 4) is 22.9 Å². The zero-order chi connectivity index (χ0) is 38.0. The molecule has 0 radical (unpaired) electrons. The van der Waals surface area contributed by atoms with Gasteiger partial charge in [0, 0.05) is 39.0 Å². The summed E-state index contributed by atoms with van der Waals surface area (Å²) in [6, 6.07) is 54.4. The fraction of sp³-hybridized carbons (Fsp3) is 0.157. The maximum absolute atomic E-state index is 10.8. The van der Waals surface area contributed by atoms with Crippen molar-refractivity contribution in [2.45, 2.75) is 44.8 Å². The van der Waals surface area contributed by atoms with Gasteiger partial charge in [0.1, 0.15) is 23.0 Å². The standard InChI is InChI=1S/C51H43N5/c1-32-23-26-42-41(29-32)51(2,3)46-43(53-42)27-25-38-37-21-13-14-22-44(37)56(49(38)46)45-28-24-36(33-15-7-4-8-16-33)30-39(45)50-54-47(34-17-9-5-10-18-34)40(31-52)48(55-50)35-19-11-6-12-20-35/h4-28,30,32,47,50,53-55H,29H2,1-3H3/p+2. The first-order chi connectivity index (χ1) is 27.4. The van der Waals surface area contributed by atoms with E-state index < -0.39 is 0 Å². The van der Waals surface area contributed by atoms with Crippen LogP contribution in [0.4, 0.5) is 5.69 Å². The van der Waals surface area contributed by atoms with Crippen molar-refractivity contribution in [1.82, 2.24) is 9.88 Å². The largest absolute Gasteiger partial charge is 0.308 e. The molecule has 5 N–H and O–H groups in total. The second-order valence-corrected chi connectivity index (χ2v) is 16.1. The fourth-order valence-corrected chi connectivity index (χ4v) is 9.67. The molecule has 1 aromatic heterocycles. The van der Waals surface area contributed by atoms with Crippen LogP contribution in [0.25, 0.3) is 44.3 Å². The molecular weight excluding hydrogens is 683 g/mol. The molecule has 6 aromatic carbocycles. The minimum atomic E-state index is -0.300. The van der Waals surface area contributed by atoms with Crippen LogP contribution in [0.3, 0.4) is 0 Å². The summed E-state index contributed by atoms with van der Waals surface area (Å²) in [5.74, 6) is 0.501. The Labute approximate surface area is 328 Å². The zero-order valence-electron chi connectivity index (χ0n) is 32.0. The number of benzene rings is 6. The molecule has 56 heavy (non-hydrogen) atoms. The Kier molecular flexibility index (Phi) is 8.23. The third-order valence-corrected chi connectivity index (χ3v) is 12.3. The van der Waals surface area contributed by atoms with Gasteiger partial charge in [-0.25, -0.2) is 0 Å². The molecule has 3 atom stereocenters. The Morgan fingerprint density at radius 1 is 0.750 bits per heavy atom. The average Bonchev–Trinajstić information content (AvgIpc) is 3.58. The van der Waals surface area contributed by atoms with Crippen LogP contribution in [0.2, 0.25) is 0 Å². The number of para-hydroxylation sites is 1. The van der Waals surface area contributed by atoms with Crippen molar-refractivity contribution in [1.29, 1.82) is 5.26 Å². The van der Waals surface area contributed by atoms with E-state index >= 15 is 0 Å². The third-order valence-electron chi connectivity index (χ3n) is 12.3. The van der Waals surface area contributed by atoms with Gasteiger partial charge in [-0.2, -0.15) is 5.26 Å². The monoisotopic (exact) mass is 727 g/mol. The molecule has 5 nitrogen and oxygen atoms in total. The Morgan fingerprint density at radius 2 is 1.45 bits per heavy atom. The summed E-state index contributed by atoms with van der Waals surface area (Å²) >= 11 is 0. The van der Waals surface area contributed by atoms with Crippen molar-refractivity contribution >= 4 is 33.2 Å². The Morgan fingerprint density at radius 3 is 2.20 bits per heavy atom. The number of fused-ring (bicyclic) bond motifs is 5. The van der Waals surface area contributed by atoms with E-state index in [4.69, 9.17) is 0 Å². The minimum absolute atomic E-state index is 0.188. The van der Waals surface area contributed by atoms with Crippen molar-refractivity contribution in [2.24, 2.45) is 5.92 Å². The third kappa shape index (κ3) is 5.49. The van der Waals surface area contributed by atoms with Crippen LogP contribution in [0.1, 0.15) is 61.7 Å². The van der Waals surface area contributed by atoms with Gasteiger partial charge in [-0.05, 0) is 71.5 Å². The van der Waals surface area contributed by atoms with Crippen LogP contribution in [0, 0.1) is 17.2 Å². The highest BCUT2D eigenvalue weighted by molar-refractivity contribution is 6.11. The number of nitrogens with one attached hydrogen (secondary N) is 1. The van der Waals surface area contributed by atoms with Crippen LogP contribution in [0.5, 0.6) is 0 Å². The van der Waals surface area contributed by atoms with Crippen LogP contribution < -0.4 is 16.0 Å². The first-order valence-corrected chi connectivity index (χ1v) is 19.8. The molecule has 2 aliphatic heterocycles. The normalized spacial score (nSPS) is 20.2. The van der Waals surface area contributed by atoms with Crippen LogP contribution in [-0.2, 0) is 5.41 Å². The second kappa shape index (κ2) is 13.5. The summed E-state index contributed by atoms with van der Waals surface area (Å²) in [6.45, 7) is 7.20. The van der Waals surface area contributed by atoms with E-state index in [0.717, 1.165) is 45.6 Å². The van der Waals surface area contributed by atoms with E-state index in [9.17, 15) is 5.26 Å². The molecule has 10 rings (SSSR count). The molecule has 0 fully saturated rings. The fourth-order valence-electron chi connectivity index (χ4n) is 9.67. The summed E-state index contributed by atoms with van der Waals surface area (Å²) in [5, 5.41) is 22.1. The number of allylic oxidation sites excluding steroid dienone is 3. The maximum atomic E-state index is 10.8. The minimum Gasteiger partial charge on any atom is -0.308 e. The SMILES string of the molecule is CC1C=CC2=C(C1)C(C)(C)c1c(ccc3c4ccccc4n(-c4ccc(-c5ccccc5)cc4C4NC(c5ccccc5)C(C#N)=C(c5ccccc5)[NH2+]4)c13)[NH2+]2. The lowest BCUT2D eigenvalue weighted by Crippen LogP contribution is -2.87. The average molecular weight is 728 g/mol. The maximum Gasteiger partial charge on any atom is 0.173 e. The Balaban J connectivity index is 1.26. The number of nitrogens with two attached hydrogens (primary N) is 2. The van der Waals surface area contributed by atoms with E-state index in [0.29, 0.717) is 5.92 Å². The molecule has 3 aliphatic rings. The van der Waals surface area contributed by atoms with Gasteiger partial charge < -0.3 is 4.57 Å². The molecule has 5 heteroatoms. The summed E-state index contributed by atoms with van der Waals surface area (Å²) in [5.41, 5.74) is 16.2. The number of aromatic nitrogens is 1. The van der Waals surface area contributed by atoms with Gasteiger partial charge in [0.15, 0.2) is 11.9 Å². The molecule has 0 saturated heterocycles. The quantitative estimate of drug-likeness (QED) is 0.155. The first kappa shape index (κ1) is 34.2. The van der Waals surface area contributed by atoms with Gasteiger partial charge in [0.05, 0.1) is 28.3 Å². The zero-order valence-corrected chi connectivity index (χ0v) is 32.0. The summed E-state index contributed by atoms with van der Waals surface area (Å²) in [6.07, 6.45) is 5.54. The van der Waals surface area contributed by atoms with Gasteiger partial charge >= 0.3 is 0 Å². The second-order valence-electron chi connectivity index (χ2n) is 16.1. The lowest BCUT2D eigenvalue weighted by atomic mass is 9.69. The smallest absolute Gasteiger partial charge is 0.173 e. The molecule has 3 heterocycles. The molecule has 3 unspecified atom stereocenters. The van der Waals surface area contributed by atoms with E-state index in [1.54, 1.807) is 0 Å². The van der Waals surface area contributed by atoms with Gasteiger partial charge in [-0.15, -0.1) is 0 Å². The lowest BCUT2D eigenvalue weighted by Gasteiger charge is -2.37. The number of nitriles is 1. The molecule has 272 valence electrons. The van der Waals surface area contributed by atoms with Crippen LogP contribution in [-0.4, -0.2) is 4.57 Å². The lowest BCUT2D eigenvalue weighted by molar-refractivity contribution is -0.621. The highest BCUT2D eigenvalue weighted by Gasteiger charge is 2.42. The Bertz CT molecular complexity index is 2800. The molecule has 7 aromatic rings.